The van der Waals surface area contributed by atoms with E-state index >= 15 is 0 Å². The Morgan fingerprint density at radius 3 is 2.93 bits per heavy atom. The van der Waals surface area contributed by atoms with Gasteiger partial charge in [0, 0.05) is 5.39 Å². The van der Waals surface area contributed by atoms with Crippen molar-refractivity contribution in [1.82, 2.24) is 0 Å². The predicted octanol–water partition coefficient (Wildman–Crippen LogP) is 2.03. The molecule has 1 amide bonds. The number of hydrogen-bond acceptors (Lipinski definition) is 3. The third-order valence-corrected chi connectivity index (χ3v) is 1.83. The summed E-state index contributed by atoms with van der Waals surface area (Å²) in [6.07, 6.45) is -0.801. The van der Waals surface area contributed by atoms with Crippen molar-refractivity contribution in [1.29, 1.82) is 0 Å². The zero-order chi connectivity index (χ0) is 9.97. The first-order chi connectivity index (χ1) is 6.75. The second-order valence-corrected chi connectivity index (χ2v) is 2.86. The summed E-state index contributed by atoms with van der Waals surface area (Å²) in [6.45, 7) is 0.0734. The number of primary amides is 1. The molecule has 4 heteroatoms. The van der Waals surface area contributed by atoms with E-state index in [1.165, 1.54) is 0 Å². The highest BCUT2D eigenvalue weighted by Gasteiger charge is 2.03. The van der Waals surface area contributed by atoms with Gasteiger partial charge in [0.1, 0.15) is 11.3 Å². The Hall–Kier alpha value is -1.97. The second-order valence-electron chi connectivity index (χ2n) is 2.86. The number of amides is 1. The third kappa shape index (κ3) is 1.69. The molecule has 0 saturated heterocycles. The first-order valence-electron chi connectivity index (χ1n) is 4.15. The first-order valence-corrected chi connectivity index (χ1v) is 4.15. The molecular weight excluding hydrogens is 182 g/mol. The summed E-state index contributed by atoms with van der Waals surface area (Å²) in [5, 5.41) is 0.982. The van der Waals surface area contributed by atoms with Gasteiger partial charge in [-0.05, 0) is 12.1 Å². The molecule has 0 aliphatic carbocycles. The quantitative estimate of drug-likeness (QED) is 0.789. The van der Waals surface area contributed by atoms with Crippen molar-refractivity contribution in [3.8, 4) is 0 Å². The number of furan rings is 1. The molecule has 2 aromatic rings. The fraction of sp³-hybridized carbons (Fsp3) is 0.100. The maximum atomic E-state index is 10.3. The van der Waals surface area contributed by atoms with Gasteiger partial charge in [0.25, 0.3) is 0 Å². The van der Waals surface area contributed by atoms with Crippen LogP contribution in [0.2, 0.25) is 0 Å². The number of nitrogens with two attached hydrogens (primary N) is 1. The SMILES string of the molecule is NC(=O)OCc1cc2ccccc2o1. The van der Waals surface area contributed by atoms with E-state index in [1.807, 2.05) is 30.3 Å². The summed E-state index contributed by atoms with van der Waals surface area (Å²) in [5.41, 5.74) is 5.61. The fourth-order valence-corrected chi connectivity index (χ4v) is 1.25. The molecule has 0 bridgehead atoms. The van der Waals surface area contributed by atoms with E-state index in [0.717, 1.165) is 11.0 Å². The van der Waals surface area contributed by atoms with Crippen LogP contribution in [0.1, 0.15) is 5.76 Å². The molecule has 0 radical (unpaired) electrons. The summed E-state index contributed by atoms with van der Waals surface area (Å²) in [5.74, 6) is 0.588. The van der Waals surface area contributed by atoms with Gasteiger partial charge in [0.15, 0.2) is 6.61 Å². The van der Waals surface area contributed by atoms with Crippen molar-refractivity contribution in [3.63, 3.8) is 0 Å². The molecule has 0 atom stereocenters. The van der Waals surface area contributed by atoms with Crippen molar-refractivity contribution in [3.05, 3.63) is 36.1 Å². The number of carbonyl (C=O) groups excluding carboxylic acids is 1. The number of fused-ring (bicyclic) bond motifs is 1. The maximum Gasteiger partial charge on any atom is 0.404 e. The van der Waals surface area contributed by atoms with Gasteiger partial charge in [-0.25, -0.2) is 4.79 Å². The highest BCUT2D eigenvalue weighted by Crippen LogP contribution is 2.18. The minimum atomic E-state index is -0.801. The molecule has 1 heterocycles. The lowest BCUT2D eigenvalue weighted by Gasteiger charge is -1.95. The van der Waals surface area contributed by atoms with Gasteiger partial charge in [0.2, 0.25) is 0 Å². The molecule has 4 nitrogen and oxygen atoms in total. The van der Waals surface area contributed by atoms with E-state index in [9.17, 15) is 4.79 Å². The highest BCUT2D eigenvalue weighted by molar-refractivity contribution is 5.77. The van der Waals surface area contributed by atoms with Gasteiger partial charge in [-0.15, -0.1) is 0 Å². The molecule has 1 aromatic heterocycles. The van der Waals surface area contributed by atoms with Crippen LogP contribution >= 0.6 is 0 Å². The Kier molecular flexibility index (Phi) is 2.10. The number of rotatable bonds is 2. The number of ether oxygens (including phenoxy) is 1. The molecular formula is C10H9NO3. The standard InChI is InChI=1S/C10H9NO3/c11-10(12)13-6-8-5-7-3-1-2-4-9(7)14-8/h1-5H,6H2,(H2,11,12). The average molecular weight is 191 g/mol. The van der Waals surface area contributed by atoms with Crippen LogP contribution in [0.4, 0.5) is 4.79 Å². The van der Waals surface area contributed by atoms with Gasteiger partial charge in [-0.3, -0.25) is 0 Å². The van der Waals surface area contributed by atoms with Crippen LogP contribution in [0.25, 0.3) is 11.0 Å². The molecule has 14 heavy (non-hydrogen) atoms. The molecule has 72 valence electrons. The molecule has 0 aliphatic rings. The van der Waals surface area contributed by atoms with Crippen LogP contribution in [0.3, 0.4) is 0 Å². The fourth-order valence-electron chi connectivity index (χ4n) is 1.25. The van der Waals surface area contributed by atoms with Crippen LogP contribution in [0.5, 0.6) is 0 Å². The molecule has 1 aromatic carbocycles. The topological polar surface area (TPSA) is 65.5 Å². The van der Waals surface area contributed by atoms with Crippen molar-refractivity contribution in [2.75, 3.05) is 0 Å². The highest BCUT2D eigenvalue weighted by atomic mass is 16.6. The molecule has 0 saturated carbocycles. The van der Waals surface area contributed by atoms with E-state index < -0.39 is 6.09 Å². The van der Waals surface area contributed by atoms with E-state index in [-0.39, 0.29) is 6.61 Å². The molecule has 0 aliphatic heterocycles. The molecule has 0 spiro atoms. The Labute approximate surface area is 80.3 Å². The van der Waals surface area contributed by atoms with Crippen molar-refractivity contribution >= 4 is 17.1 Å². The molecule has 0 fully saturated rings. The van der Waals surface area contributed by atoms with E-state index in [2.05, 4.69) is 4.74 Å². The van der Waals surface area contributed by atoms with Gasteiger partial charge < -0.3 is 14.9 Å². The van der Waals surface area contributed by atoms with Gasteiger partial charge >= 0.3 is 6.09 Å². The Morgan fingerprint density at radius 1 is 1.43 bits per heavy atom. The molecule has 2 N–H and O–H groups in total. The zero-order valence-electron chi connectivity index (χ0n) is 7.40. The zero-order valence-corrected chi connectivity index (χ0v) is 7.40. The molecule has 0 unspecified atom stereocenters. The number of benzene rings is 1. The predicted molar refractivity (Wildman–Crippen MR) is 50.6 cm³/mol. The smallest absolute Gasteiger partial charge is 0.404 e. The summed E-state index contributed by atoms with van der Waals surface area (Å²) in [7, 11) is 0. The van der Waals surface area contributed by atoms with Crippen LogP contribution < -0.4 is 5.73 Å². The lowest BCUT2D eigenvalue weighted by molar-refractivity contribution is 0.142. The Balaban J connectivity index is 2.22. The number of carbonyl (C=O) groups is 1. The second kappa shape index (κ2) is 3.41. The molecule has 2 rings (SSSR count). The lowest BCUT2D eigenvalue weighted by Crippen LogP contribution is -2.12. The van der Waals surface area contributed by atoms with Crippen molar-refractivity contribution in [2.24, 2.45) is 5.73 Å². The normalized spacial score (nSPS) is 10.3. The lowest BCUT2D eigenvalue weighted by atomic mass is 10.2. The van der Waals surface area contributed by atoms with E-state index in [1.54, 1.807) is 0 Å². The van der Waals surface area contributed by atoms with Crippen LogP contribution in [0.15, 0.2) is 34.7 Å². The summed E-state index contributed by atoms with van der Waals surface area (Å²) in [6, 6.07) is 9.38. The minimum Gasteiger partial charge on any atom is -0.457 e. The monoisotopic (exact) mass is 191 g/mol. The summed E-state index contributed by atoms with van der Waals surface area (Å²) < 4.78 is 9.99. The first kappa shape index (κ1) is 8.62. The van der Waals surface area contributed by atoms with Gasteiger partial charge in [0.05, 0.1) is 0 Å². The number of hydrogen-bond donors (Lipinski definition) is 1. The Bertz CT molecular complexity index is 428. The van der Waals surface area contributed by atoms with Crippen LogP contribution in [-0.2, 0) is 11.3 Å². The van der Waals surface area contributed by atoms with E-state index in [0.29, 0.717) is 5.76 Å². The van der Waals surface area contributed by atoms with Crippen LogP contribution in [0, 0.1) is 0 Å². The van der Waals surface area contributed by atoms with Gasteiger partial charge in [-0.2, -0.15) is 0 Å². The van der Waals surface area contributed by atoms with Crippen LogP contribution in [-0.4, -0.2) is 6.09 Å². The Morgan fingerprint density at radius 2 is 2.21 bits per heavy atom. The maximum absolute atomic E-state index is 10.3. The van der Waals surface area contributed by atoms with Crippen molar-refractivity contribution < 1.29 is 13.9 Å². The summed E-state index contributed by atoms with van der Waals surface area (Å²) >= 11 is 0. The third-order valence-electron chi connectivity index (χ3n) is 1.83. The van der Waals surface area contributed by atoms with Gasteiger partial charge in [-0.1, -0.05) is 18.2 Å². The van der Waals surface area contributed by atoms with Crippen molar-refractivity contribution in [2.45, 2.75) is 6.61 Å². The average Bonchev–Trinajstić information content (AvgIpc) is 2.57. The van der Waals surface area contributed by atoms with E-state index in [4.69, 9.17) is 10.2 Å². The number of para-hydroxylation sites is 1. The summed E-state index contributed by atoms with van der Waals surface area (Å²) in [4.78, 5) is 10.3. The minimum absolute atomic E-state index is 0.0734. The largest absolute Gasteiger partial charge is 0.457 e.